The first kappa shape index (κ1) is 49.3. The highest BCUT2D eigenvalue weighted by atomic mass is 16.5. The predicted molar refractivity (Wildman–Crippen MR) is 230 cm³/mol. The van der Waals surface area contributed by atoms with E-state index in [1.165, 1.54) is 217 Å². The van der Waals surface area contributed by atoms with Gasteiger partial charge in [0, 0.05) is 39.3 Å². The zero-order valence-corrected chi connectivity index (χ0v) is 35.6. The Hall–Kier alpha value is -0.720. The van der Waals surface area contributed by atoms with Crippen molar-refractivity contribution in [1.82, 2.24) is 4.90 Å². The van der Waals surface area contributed by atoms with Gasteiger partial charge >= 0.3 is 0 Å². The maximum Gasteiger partial charge on any atom is 0.102 e. The van der Waals surface area contributed by atoms with Crippen LogP contribution in [0.5, 0.6) is 0 Å². The van der Waals surface area contributed by atoms with Crippen LogP contribution in [-0.2, 0) is 9.47 Å². The highest BCUT2D eigenvalue weighted by molar-refractivity contribution is 4.82. The van der Waals surface area contributed by atoms with E-state index in [0.29, 0.717) is 0 Å². The number of quaternary nitrogens is 1. The highest BCUT2D eigenvalue weighted by Gasteiger charge is 2.32. The molecular formula is C47H94N3O2+. The topological polar surface area (TPSA) is 47.7 Å². The van der Waals surface area contributed by atoms with Crippen molar-refractivity contribution in [2.24, 2.45) is 5.73 Å². The number of ether oxygens (including phenoxy) is 2. The van der Waals surface area contributed by atoms with Gasteiger partial charge in [0.25, 0.3) is 0 Å². The lowest BCUT2D eigenvalue weighted by Gasteiger charge is -2.45. The number of piperazine rings is 1. The number of rotatable bonds is 41. The van der Waals surface area contributed by atoms with E-state index in [1.807, 2.05) is 0 Å². The summed E-state index contributed by atoms with van der Waals surface area (Å²) in [5.41, 5.74) is 5.94. The molecule has 0 aromatic heterocycles. The predicted octanol–water partition coefficient (Wildman–Crippen LogP) is 12.6. The summed E-state index contributed by atoms with van der Waals surface area (Å²) in [6, 6.07) is 0. The van der Waals surface area contributed by atoms with Gasteiger partial charge in [0.2, 0.25) is 0 Å². The van der Waals surface area contributed by atoms with Gasteiger partial charge in [-0.15, -0.1) is 0 Å². The first-order chi connectivity index (χ1) is 25.8. The average Bonchev–Trinajstić information content (AvgIpc) is 3.16. The zero-order chi connectivity index (χ0) is 37.3. The van der Waals surface area contributed by atoms with Gasteiger partial charge < -0.3 is 19.7 Å². The van der Waals surface area contributed by atoms with Crippen LogP contribution in [0.25, 0.3) is 0 Å². The summed E-state index contributed by atoms with van der Waals surface area (Å²) in [6.07, 6.45) is 48.8. The summed E-state index contributed by atoms with van der Waals surface area (Å²) in [4.78, 5) is 2.62. The van der Waals surface area contributed by atoms with Gasteiger partial charge in [-0.3, -0.25) is 4.90 Å². The second-order valence-electron chi connectivity index (χ2n) is 16.3. The van der Waals surface area contributed by atoms with Crippen molar-refractivity contribution in [3.05, 3.63) is 24.3 Å². The molecular weight excluding hydrogens is 639 g/mol. The number of hydrogen-bond acceptors (Lipinski definition) is 4. The third kappa shape index (κ3) is 32.7. The molecule has 0 radical (unpaired) electrons. The van der Waals surface area contributed by atoms with Gasteiger partial charge in [0.15, 0.2) is 0 Å². The standard InChI is InChI=1S/C47H94N3O2/c1-3-5-7-9-11-13-15-17-19-21-23-25-27-29-31-33-44-51-46-39-49-37-41-50(42-38-49,40-35-36-48)43-47-52-45-34-32-30-28-26-24-22-20-18-16-14-12-10-8-6-4-2/h17-20H,3-16,21-48H2,1-2H3/q+1/b19-17-,20-18-. The minimum absolute atomic E-state index is 0.796. The van der Waals surface area contributed by atoms with Crippen LogP contribution in [0.4, 0.5) is 0 Å². The van der Waals surface area contributed by atoms with E-state index in [9.17, 15) is 0 Å². The van der Waals surface area contributed by atoms with E-state index in [-0.39, 0.29) is 0 Å². The molecule has 1 aliphatic heterocycles. The van der Waals surface area contributed by atoms with Crippen LogP contribution in [0, 0.1) is 0 Å². The minimum Gasteiger partial charge on any atom is -0.380 e. The second kappa shape index (κ2) is 40.0. The summed E-state index contributed by atoms with van der Waals surface area (Å²) >= 11 is 0. The lowest BCUT2D eigenvalue weighted by atomic mass is 10.1. The molecule has 52 heavy (non-hydrogen) atoms. The Morgan fingerprint density at radius 2 is 0.827 bits per heavy atom. The normalized spacial score (nSPS) is 15.1. The SMILES string of the molecule is CCCCCCCC/C=C\CCCCCCCCOCCN1CC[N+](CCCN)(CCOCCCCCCCC/C=C\CCCCCCCC)CC1. The molecule has 0 unspecified atom stereocenters. The number of nitrogens with zero attached hydrogens (tertiary/aromatic N) is 2. The molecule has 0 bridgehead atoms. The molecule has 1 saturated heterocycles. The van der Waals surface area contributed by atoms with E-state index in [0.717, 1.165) is 52.5 Å². The van der Waals surface area contributed by atoms with Crippen LogP contribution < -0.4 is 5.73 Å². The van der Waals surface area contributed by atoms with Crippen LogP contribution in [0.3, 0.4) is 0 Å². The minimum atomic E-state index is 0.796. The fraction of sp³-hybridized carbons (Fsp3) is 0.915. The molecule has 5 heteroatoms. The van der Waals surface area contributed by atoms with Crippen LogP contribution in [0.1, 0.15) is 200 Å². The molecule has 0 atom stereocenters. The number of allylic oxidation sites excluding steroid dienone is 4. The first-order valence-corrected chi connectivity index (χ1v) is 23.5. The number of unbranched alkanes of at least 4 members (excludes halogenated alkanes) is 24. The Labute approximate surface area is 326 Å². The van der Waals surface area contributed by atoms with Crippen LogP contribution in [0.2, 0.25) is 0 Å². The Morgan fingerprint density at radius 3 is 1.25 bits per heavy atom. The molecule has 0 saturated carbocycles. The number of hydrogen-bond donors (Lipinski definition) is 1. The van der Waals surface area contributed by atoms with Crippen molar-refractivity contribution in [3.63, 3.8) is 0 Å². The average molecular weight is 733 g/mol. The van der Waals surface area contributed by atoms with Crippen LogP contribution in [-0.4, -0.2) is 88.2 Å². The van der Waals surface area contributed by atoms with E-state index in [4.69, 9.17) is 15.2 Å². The molecule has 0 spiro atoms. The van der Waals surface area contributed by atoms with Gasteiger partial charge in [0.1, 0.15) is 6.54 Å². The van der Waals surface area contributed by atoms with Crippen molar-refractivity contribution in [3.8, 4) is 0 Å². The molecule has 1 fully saturated rings. The third-order valence-electron chi connectivity index (χ3n) is 11.5. The maximum atomic E-state index is 6.17. The Bertz CT molecular complexity index is 749. The van der Waals surface area contributed by atoms with Gasteiger partial charge in [-0.1, -0.05) is 154 Å². The molecule has 308 valence electrons. The molecule has 5 nitrogen and oxygen atoms in total. The summed E-state index contributed by atoms with van der Waals surface area (Å²) in [6.45, 7) is 17.3. The molecule has 1 heterocycles. The molecule has 1 rings (SSSR count). The lowest BCUT2D eigenvalue weighted by molar-refractivity contribution is -0.932. The molecule has 0 aromatic carbocycles. The summed E-state index contributed by atoms with van der Waals surface area (Å²) in [5, 5.41) is 0. The Balaban J connectivity index is 1.94. The van der Waals surface area contributed by atoms with Crippen molar-refractivity contribution >= 4 is 0 Å². The zero-order valence-electron chi connectivity index (χ0n) is 35.6. The van der Waals surface area contributed by atoms with E-state index >= 15 is 0 Å². The van der Waals surface area contributed by atoms with E-state index < -0.39 is 0 Å². The van der Waals surface area contributed by atoms with Crippen LogP contribution >= 0.6 is 0 Å². The quantitative estimate of drug-likeness (QED) is 0.0386. The van der Waals surface area contributed by atoms with Gasteiger partial charge in [-0.05, 0) is 70.8 Å². The fourth-order valence-electron chi connectivity index (χ4n) is 7.70. The molecule has 1 aliphatic rings. The molecule has 0 aromatic rings. The Kier molecular flexibility index (Phi) is 37.9. The van der Waals surface area contributed by atoms with Crippen LogP contribution in [0.15, 0.2) is 24.3 Å². The molecule has 2 N–H and O–H groups in total. The monoisotopic (exact) mass is 733 g/mol. The van der Waals surface area contributed by atoms with Gasteiger partial charge in [-0.25, -0.2) is 0 Å². The van der Waals surface area contributed by atoms with E-state index in [1.54, 1.807) is 0 Å². The summed E-state index contributed by atoms with van der Waals surface area (Å²) in [7, 11) is 0. The summed E-state index contributed by atoms with van der Waals surface area (Å²) < 4.78 is 13.4. The number of nitrogens with two attached hydrogens (primary N) is 1. The van der Waals surface area contributed by atoms with Gasteiger partial charge in [0.05, 0.1) is 32.8 Å². The maximum absolute atomic E-state index is 6.17. The molecule has 0 aliphatic carbocycles. The third-order valence-corrected chi connectivity index (χ3v) is 11.5. The van der Waals surface area contributed by atoms with E-state index in [2.05, 4.69) is 43.1 Å². The largest absolute Gasteiger partial charge is 0.380 e. The first-order valence-electron chi connectivity index (χ1n) is 23.5. The lowest BCUT2D eigenvalue weighted by Crippen LogP contribution is -2.61. The highest BCUT2D eigenvalue weighted by Crippen LogP contribution is 2.16. The second-order valence-corrected chi connectivity index (χ2v) is 16.3. The van der Waals surface area contributed by atoms with Gasteiger partial charge in [-0.2, -0.15) is 0 Å². The smallest absolute Gasteiger partial charge is 0.102 e. The Morgan fingerprint density at radius 1 is 0.442 bits per heavy atom. The van der Waals surface area contributed by atoms with Crippen molar-refractivity contribution < 1.29 is 14.0 Å². The molecule has 0 amide bonds. The summed E-state index contributed by atoms with van der Waals surface area (Å²) in [5.74, 6) is 0. The van der Waals surface area contributed by atoms with Crippen molar-refractivity contribution in [2.45, 2.75) is 200 Å². The van der Waals surface area contributed by atoms with Crippen molar-refractivity contribution in [1.29, 1.82) is 0 Å². The fourth-order valence-corrected chi connectivity index (χ4v) is 7.70. The van der Waals surface area contributed by atoms with Crippen molar-refractivity contribution in [2.75, 3.05) is 78.8 Å².